The SMILES string of the molecule is CCCn1nnnc1NCc1cc(Cl)cc(OC)c1OC(C)C. The number of nitrogens with one attached hydrogen (secondary N) is 1. The molecular formula is C15H22ClN5O2. The molecule has 0 unspecified atom stereocenters. The van der Waals surface area contributed by atoms with Crippen LogP contribution in [0.5, 0.6) is 11.5 Å². The van der Waals surface area contributed by atoms with Gasteiger partial charge in [-0.2, -0.15) is 0 Å². The number of nitrogens with zero attached hydrogens (tertiary/aromatic N) is 4. The van der Waals surface area contributed by atoms with E-state index in [0.29, 0.717) is 29.0 Å². The van der Waals surface area contributed by atoms with E-state index in [4.69, 9.17) is 21.1 Å². The molecular weight excluding hydrogens is 318 g/mol. The fourth-order valence-electron chi connectivity index (χ4n) is 2.14. The van der Waals surface area contributed by atoms with Gasteiger partial charge in [-0.1, -0.05) is 23.6 Å². The Balaban J connectivity index is 2.23. The Morgan fingerprint density at radius 2 is 2.13 bits per heavy atom. The monoisotopic (exact) mass is 339 g/mol. The van der Waals surface area contributed by atoms with Gasteiger partial charge in [0.25, 0.3) is 0 Å². The molecule has 126 valence electrons. The van der Waals surface area contributed by atoms with Gasteiger partial charge in [0.15, 0.2) is 11.5 Å². The molecule has 0 amide bonds. The summed E-state index contributed by atoms with van der Waals surface area (Å²) in [6.45, 7) is 7.23. The summed E-state index contributed by atoms with van der Waals surface area (Å²) in [5.41, 5.74) is 0.883. The lowest BCUT2D eigenvalue weighted by Gasteiger charge is -2.18. The minimum absolute atomic E-state index is 0.0224. The number of ether oxygens (including phenoxy) is 2. The minimum Gasteiger partial charge on any atom is -0.493 e. The number of halogens is 1. The highest BCUT2D eigenvalue weighted by Crippen LogP contribution is 2.35. The van der Waals surface area contributed by atoms with Crippen LogP contribution in [0.4, 0.5) is 5.95 Å². The summed E-state index contributed by atoms with van der Waals surface area (Å²) >= 11 is 6.17. The van der Waals surface area contributed by atoms with Crippen molar-refractivity contribution in [1.82, 2.24) is 20.2 Å². The highest BCUT2D eigenvalue weighted by atomic mass is 35.5. The summed E-state index contributed by atoms with van der Waals surface area (Å²) in [4.78, 5) is 0. The maximum Gasteiger partial charge on any atom is 0.243 e. The van der Waals surface area contributed by atoms with Crippen LogP contribution in [0.2, 0.25) is 5.02 Å². The molecule has 1 heterocycles. The summed E-state index contributed by atoms with van der Waals surface area (Å²) in [6.07, 6.45) is 0.973. The molecule has 0 saturated carbocycles. The number of anilines is 1. The first-order valence-electron chi connectivity index (χ1n) is 7.58. The van der Waals surface area contributed by atoms with E-state index in [1.54, 1.807) is 17.9 Å². The van der Waals surface area contributed by atoms with E-state index in [0.717, 1.165) is 18.5 Å². The van der Waals surface area contributed by atoms with Crippen LogP contribution in [-0.4, -0.2) is 33.4 Å². The first kappa shape index (κ1) is 17.3. The molecule has 0 radical (unpaired) electrons. The van der Waals surface area contributed by atoms with Crippen LogP contribution in [0.1, 0.15) is 32.8 Å². The Morgan fingerprint density at radius 1 is 1.35 bits per heavy atom. The Morgan fingerprint density at radius 3 is 2.78 bits per heavy atom. The quantitative estimate of drug-likeness (QED) is 0.796. The fourth-order valence-corrected chi connectivity index (χ4v) is 2.37. The van der Waals surface area contributed by atoms with Crippen LogP contribution in [0, 0.1) is 0 Å². The number of benzene rings is 1. The van der Waals surface area contributed by atoms with Crippen LogP contribution in [0.15, 0.2) is 12.1 Å². The molecule has 0 atom stereocenters. The second-order valence-corrected chi connectivity index (χ2v) is 5.78. The van der Waals surface area contributed by atoms with E-state index in [1.165, 1.54) is 0 Å². The Kier molecular flexibility index (Phi) is 6.04. The van der Waals surface area contributed by atoms with E-state index in [-0.39, 0.29) is 6.10 Å². The molecule has 0 aliphatic rings. The van der Waals surface area contributed by atoms with Crippen molar-refractivity contribution in [3.8, 4) is 11.5 Å². The molecule has 2 rings (SSSR count). The predicted molar refractivity (Wildman–Crippen MR) is 89.2 cm³/mol. The lowest BCUT2D eigenvalue weighted by atomic mass is 10.1. The van der Waals surface area contributed by atoms with Gasteiger partial charge in [-0.15, -0.1) is 0 Å². The van der Waals surface area contributed by atoms with Crippen LogP contribution in [0.25, 0.3) is 0 Å². The lowest BCUT2D eigenvalue weighted by molar-refractivity contribution is 0.228. The van der Waals surface area contributed by atoms with Crippen LogP contribution < -0.4 is 14.8 Å². The first-order chi connectivity index (χ1) is 11.0. The number of aromatic nitrogens is 4. The minimum atomic E-state index is 0.0224. The summed E-state index contributed by atoms with van der Waals surface area (Å²) in [5.74, 6) is 1.89. The molecule has 8 heteroatoms. The number of hydrogen-bond donors (Lipinski definition) is 1. The standard InChI is InChI=1S/C15H22ClN5O2/c1-5-6-21-15(18-19-20-21)17-9-11-7-12(16)8-13(22-4)14(11)23-10(2)3/h7-8,10H,5-6,9H2,1-4H3,(H,17,18,20). The third kappa shape index (κ3) is 4.48. The maximum absolute atomic E-state index is 6.17. The van der Waals surface area contributed by atoms with E-state index in [2.05, 4.69) is 27.8 Å². The van der Waals surface area contributed by atoms with E-state index in [1.807, 2.05) is 19.9 Å². The van der Waals surface area contributed by atoms with Crippen LogP contribution >= 0.6 is 11.6 Å². The highest BCUT2D eigenvalue weighted by molar-refractivity contribution is 6.30. The third-order valence-corrected chi connectivity index (χ3v) is 3.29. The zero-order valence-electron chi connectivity index (χ0n) is 13.8. The number of rotatable bonds is 8. The normalized spacial score (nSPS) is 10.9. The van der Waals surface area contributed by atoms with Gasteiger partial charge in [0.05, 0.1) is 13.2 Å². The number of tetrazole rings is 1. The molecule has 7 nitrogen and oxygen atoms in total. The molecule has 1 aromatic heterocycles. The van der Waals surface area contributed by atoms with Crippen LogP contribution in [0.3, 0.4) is 0 Å². The Hall–Kier alpha value is -2.02. The third-order valence-electron chi connectivity index (χ3n) is 3.07. The lowest BCUT2D eigenvalue weighted by Crippen LogP contribution is -2.12. The molecule has 0 spiro atoms. The van der Waals surface area contributed by atoms with Crippen molar-refractivity contribution in [1.29, 1.82) is 0 Å². The average molecular weight is 340 g/mol. The molecule has 1 N–H and O–H groups in total. The highest BCUT2D eigenvalue weighted by Gasteiger charge is 2.15. The van der Waals surface area contributed by atoms with Gasteiger partial charge in [-0.05, 0) is 36.8 Å². The average Bonchev–Trinajstić information content (AvgIpc) is 2.94. The van der Waals surface area contributed by atoms with Crippen molar-refractivity contribution in [3.05, 3.63) is 22.7 Å². The van der Waals surface area contributed by atoms with Crippen molar-refractivity contribution in [3.63, 3.8) is 0 Å². The van der Waals surface area contributed by atoms with Crippen molar-refractivity contribution in [2.24, 2.45) is 0 Å². The first-order valence-corrected chi connectivity index (χ1v) is 7.96. The number of methoxy groups -OCH3 is 1. The van der Waals surface area contributed by atoms with Gasteiger partial charge in [-0.25, -0.2) is 4.68 Å². The molecule has 0 aliphatic heterocycles. The van der Waals surface area contributed by atoms with E-state index in [9.17, 15) is 0 Å². The van der Waals surface area contributed by atoms with Crippen molar-refractivity contribution in [2.45, 2.75) is 46.4 Å². The van der Waals surface area contributed by atoms with Gasteiger partial charge in [0, 0.05) is 29.7 Å². The fraction of sp³-hybridized carbons (Fsp3) is 0.533. The van der Waals surface area contributed by atoms with Crippen LogP contribution in [-0.2, 0) is 13.1 Å². The molecule has 0 fully saturated rings. The largest absolute Gasteiger partial charge is 0.493 e. The summed E-state index contributed by atoms with van der Waals surface area (Å²) in [7, 11) is 1.60. The Labute approximate surface area is 140 Å². The number of hydrogen-bond acceptors (Lipinski definition) is 6. The Bertz CT molecular complexity index is 645. The van der Waals surface area contributed by atoms with Gasteiger partial charge in [0.2, 0.25) is 5.95 Å². The zero-order chi connectivity index (χ0) is 16.8. The zero-order valence-corrected chi connectivity index (χ0v) is 14.6. The predicted octanol–water partition coefficient (Wildman–Crippen LogP) is 3.14. The van der Waals surface area contributed by atoms with Gasteiger partial charge in [0.1, 0.15) is 0 Å². The van der Waals surface area contributed by atoms with Crippen molar-refractivity contribution in [2.75, 3.05) is 12.4 Å². The summed E-state index contributed by atoms with van der Waals surface area (Å²) < 4.78 is 13.0. The molecule has 0 saturated heterocycles. The van der Waals surface area contributed by atoms with Crippen molar-refractivity contribution >= 4 is 17.5 Å². The van der Waals surface area contributed by atoms with Gasteiger partial charge in [-0.3, -0.25) is 0 Å². The topological polar surface area (TPSA) is 74.1 Å². The molecule has 23 heavy (non-hydrogen) atoms. The van der Waals surface area contributed by atoms with Crippen molar-refractivity contribution < 1.29 is 9.47 Å². The van der Waals surface area contributed by atoms with Gasteiger partial charge >= 0.3 is 0 Å². The summed E-state index contributed by atoms with van der Waals surface area (Å²) in [6, 6.07) is 3.59. The second kappa shape index (κ2) is 8.01. The smallest absolute Gasteiger partial charge is 0.243 e. The second-order valence-electron chi connectivity index (χ2n) is 5.34. The van der Waals surface area contributed by atoms with Gasteiger partial charge < -0.3 is 14.8 Å². The van der Waals surface area contributed by atoms with E-state index < -0.39 is 0 Å². The molecule has 0 bridgehead atoms. The van der Waals surface area contributed by atoms with E-state index >= 15 is 0 Å². The molecule has 2 aromatic rings. The summed E-state index contributed by atoms with van der Waals surface area (Å²) in [5, 5.41) is 15.4. The molecule has 1 aromatic carbocycles. The maximum atomic E-state index is 6.17. The number of aryl methyl sites for hydroxylation is 1. The molecule has 0 aliphatic carbocycles.